The number of benzene rings is 1. The maximum Gasteiger partial charge on any atom is 0.215 e. The van der Waals surface area contributed by atoms with E-state index in [1.54, 1.807) is 24.4 Å². The summed E-state index contributed by atoms with van der Waals surface area (Å²) in [4.78, 5) is 18.2. The number of aromatic nitrogens is 5. The molecule has 0 bridgehead atoms. The molecule has 0 amide bonds. The van der Waals surface area contributed by atoms with Crippen LogP contribution in [-0.4, -0.2) is 25.1 Å². The molecule has 0 aliphatic rings. The van der Waals surface area contributed by atoms with Crippen LogP contribution < -0.4 is 0 Å². The Morgan fingerprint density at radius 1 is 1.14 bits per heavy atom. The van der Waals surface area contributed by atoms with Crippen molar-refractivity contribution in [2.45, 2.75) is 13.3 Å². The number of aromatic amines is 1. The average molecular weight is 462 g/mol. The third-order valence-corrected chi connectivity index (χ3v) is 6.17. The second-order valence-corrected chi connectivity index (χ2v) is 8.16. The van der Waals surface area contributed by atoms with E-state index in [0.29, 0.717) is 65.4 Å². The van der Waals surface area contributed by atoms with E-state index in [1.165, 1.54) is 17.7 Å². The Hall–Kier alpha value is -2.50. The van der Waals surface area contributed by atoms with Gasteiger partial charge in [0.25, 0.3) is 0 Å². The lowest BCUT2D eigenvalue weighted by molar-refractivity contribution is 0.944. The lowest BCUT2D eigenvalue weighted by atomic mass is 10.0. The summed E-state index contributed by atoms with van der Waals surface area (Å²) in [5, 5.41) is 8.10. The highest BCUT2D eigenvalue weighted by Gasteiger charge is 2.26. The summed E-state index contributed by atoms with van der Waals surface area (Å²) in [6.07, 6.45) is 3.61. The van der Waals surface area contributed by atoms with Gasteiger partial charge in [0.1, 0.15) is 12.2 Å². The van der Waals surface area contributed by atoms with Crippen molar-refractivity contribution in [2.75, 3.05) is 0 Å². The van der Waals surface area contributed by atoms with Gasteiger partial charge in [0.15, 0.2) is 5.82 Å². The zero-order valence-electron chi connectivity index (χ0n) is 14.9. The Labute approximate surface area is 185 Å². The number of hydrogen-bond acceptors (Lipinski definition) is 5. The topological polar surface area (TPSA) is 71.7 Å². The van der Waals surface area contributed by atoms with Crippen molar-refractivity contribution >= 4 is 51.8 Å². The van der Waals surface area contributed by atoms with Gasteiger partial charge in [-0.05, 0) is 17.7 Å². The predicted octanol–water partition coefficient (Wildman–Crippen LogP) is 6.73. The van der Waals surface area contributed by atoms with Crippen molar-refractivity contribution in [3.63, 3.8) is 0 Å². The van der Waals surface area contributed by atoms with Gasteiger partial charge in [-0.25, -0.2) is 19.8 Å². The van der Waals surface area contributed by atoms with Crippen molar-refractivity contribution in [3.05, 3.63) is 63.0 Å². The van der Waals surface area contributed by atoms with Gasteiger partial charge in [0, 0.05) is 28.2 Å². The molecular formula is C19H11Cl3N6S. The Bertz CT molecular complexity index is 1240. The fourth-order valence-electron chi connectivity index (χ4n) is 2.85. The van der Waals surface area contributed by atoms with Crippen LogP contribution in [0.4, 0.5) is 5.69 Å². The fourth-order valence-corrected chi connectivity index (χ4v) is 4.80. The molecule has 1 aromatic carbocycles. The van der Waals surface area contributed by atoms with E-state index in [9.17, 15) is 0 Å². The van der Waals surface area contributed by atoms with Gasteiger partial charge in [-0.15, -0.1) is 11.3 Å². The molecule has 29 heavy (non-hydrogen) atoms. The first-order valence-corrected chi connectivity index (χ1v) is 10.4. The van der Waals surface area contributed by atoms with Crippen LogP contribution in [0.2, 0.25) is 15.1 Å². The number of hydrogen-bond donors (Lipinski definition) is 1. The minimum absolute atomic E-state index is 0.367. The molecule has 0 unspecified atom stereocenters. The number of rotatable bonds is 4. The second-order valence-electron chi connectivity index (χ2n) is 5.89. The number of aryl methyl sites for hydroxylation is 1. The summed E-state index contributed by atoms with van der Waals surface area (Å²) < 4.78 is 0. The van der Waals surface area contributed by atoms with Crippen LogP contribution in [0, 0.1) is 6.57 Å². The molecule has 0 aliphatic carbocycles. The lowest BCUT2D eigenvalue weighted by Crippen LogP contribution is -1.94. The molecule has 0 aliphatic heterocycles. The van der Waals surface area contributed by atoms with Crippen LogP contribution in [0.15, 0.2) is 30.7 Å². The third-order valence-electron chi connectivity index (χ3n) is 4.15. The Morgan fingerprint density at radius 2 is 1.97 bits per heavy atom. The SMILES string of the molecule is [C-]#[N+]c1c(-c2nc(CC)ncc2Cl)sc(-c2ncn[nH]2)c1-c1ccc(Cl)cc1Cl. The summed E-state index contributed by atoms with van der Waals surface area (Å²) in [6, 6.07) is 5.15. The van der Waals surface area contributed by atoms with E-state index in [4.69, 9.17) is 41.4 Å². The van der Waals surface area contributed by atoms with Crippen LogP contribution in [0.25, 0.3) is 37.2 Å². The molecule has 0 fully saturated rings. The van der Waals surface area contributed by atoms with Gasteiger partial charge in [-0.2, -0.15) is 5.10 Å². The summed E-state index contributed by atoms with van der Waals surface area (Å²) in [6.45, 7) is 9.83. The maximum atomic E-state index is 7.87. The van der Waals surface area contributed by atoms with Crippen molar-refractivity contribution in [1.29, 1.82) is 0 Å². The van der Waals surface area contributed by atoms with Gasteiger partial charge in [-0.3, -0.25) is 5.10 Å². The van der Waals surface area contributed by atoms with Gasteiger partial charge in [-0.1, -0.05) is 47.8 Å². The number of nitrogens with one attached hydrogen (secondary N) is 1. The van der Waals surface area contributed by atoms with E-state index in [-0.39, 0.29) is 0 Å². The minimum atomic E-state index is 0.367. The third kappa shape index (κ3) is 3.61. The highest BCUT2D eigenvalue weighted by Crippen LogP contribution is 2.53. The van der Waals surface area contributed by atoms with Crippen LogP contribution >= 0.6 is 46.1 Å². The zero-order valence-corrected chi connectivity index (χ0v) is 18.0. The predicted molar refractivity (Wildman–Crippen MR) is 117 cm³/mol. The smallest absolute Gasteiger partial charge is 0.215 e. The molecule has 1 N–H and O–H groups in total. The lowest BCUT2D eigenvalue weighted by Gasteiger charge is -2.07. The molecular weight excluding hydrogens is 451 g/mol. The summed E-state index contributed by atoms with van der Waals surface area (Å²) >= 11 is 20.3. The van der Waals surface area contributed by atoms with Crippen molar-refractivity contribution in [1.82, 2.24) is 25.1 Å². The number of halogens is 3. The second kappa shape index (κ2) is 8.09. The average Bonchev–Trinajstić information content (AvgIpc) is 3.36. The van der Waals surface area contributed by atoms with Crippen LogP contribution in [-0.2, 0) is 6.42 Å². The zero-order chi connectivity index (χ0) is 20.5. The van der Waals surface area contributed by atoms with Gasteiger partial charge < -0.3 is 0 Å². The Kier molecular flexibility index (Phi) is 5.52. The largest absolute Gasteiger partial charge is 0.259 e. The Balaban J connectivity index is 2.07. The molecule has 3 heterocycles. The number of nitrogens with zero attached hydrogens (tertiary/aromatic N) is 5. The monoisotopic (exact) mass is 460 g/mol. The minimum Gasteiger partial charge on any atom is -0.259 e. The summed E-state index contributed by atoms with van der Waals surface area (Å²) in [7, 11) is 0. The molecule has 0 radical (unpaired) electrons. The van der Waals surface area contributed by atoms with Gasteiger partial charge >= 0.3 is 0 Å². The molecule has 144 valence electrons. The molecule has 10 heteroatoms. The molecule has 3 aromatic heterocycles. The maximum absolute atomic E-state index is 7.87. The van der Waals surface area contributed by atoms with Crippen molar-refractivity contribution in [2.24, 2.45) is 0 Å². The van der Waals surface area contributed by atoms with Crippen LogP contribution in [0.1, 0.15) is 12.7 Å². The molecule has 0 saturated heterocycles. The first-order chi connectivity index (χ1) is 14.0. The first-order valence-electron chi connectivity index (χ1n) is 8.40. The molecule has 0 spiro atoms. The molecule has 4 rings (SSSR count). The Morgan fingerprint density at radius 3 is 2.62 bits per heavy atom. The van der Waals surface area contributed by atoms with E-state index >= 15 is 0 Å². The van der Waals surface area contributed by atoms with E-state index in [0.717, 1.165) is 0 Å². The highest BCUT2D eigenvalue weighted by atomic mass is 35.5. The van der Waals surface area contributed by atoms with Crippen molar-refractivity contribution < 1.29 is 0 Å². The van der Waals surface area contributed by atoms with Gasteiger partial charge in [0.05, 0.1) is 27.0 Å². The molecule has 4 aromatic rings. The normalized spacial score (nSPS) is 10.9. The fraction of sp³-hybridized carbons (Fsp3) is 0.105. The van der Waals surface area contributed by atoms with Crippen LogP contribution in [0.3, 0.4) is 0 Å². The van der Waals surface area contributed by atoms with E-state index < -0.39 is 0 Å². The molecule has 0 saturated carbocycles. The highest BCUT2D eigenvalue weighted by molar-refractivity contribution is 7.20. The number of thiophene rings is 1. The van der Waals surface area contributed by atoms with Gasteiger partial charge in [0.2, 0.25) is 5.69 Å². The van der Waals surface area contributed by atoms with Crippen LogP contribution in [0.5, 0.6) is 0 Å². The summed E-state index contributed by atoms with van der Waals surface area (Å²) in [5.74, 6) is 1.16. The number of H-pyrrole nitrogens is 1. The van der Waals surface area contributed by atoms with E-state index in [1.807, 2.05) is 6.92 Å². The van der Waals surface area contributed by atoms with E-state index in [2.05, 4.69) is 30.0 Å². The molecule has 6 nitrogen and oxygen atoms in total. The first kappa shape index (κ1) is 19.8. The summed E-state index contributed by atoms with van der Waals surface area (Å²) in [5.41, 5.74) is 2.18. The quantitative estimate of drug-likeness (QED) is 0.342. The van der Waals surface area contributed by atoms with Crippen molar-refractivity contribution in [3.8, 4) is 32.4 Å². The molecule has 0 atom stereocenters. The standard InChI is InChI=1S/C19H11Cl3N6S/c1-3-13-24-7-12(22)15(27-13)18-16(23-2)14(10-5-4-9(20)6-11(10)21)17(29-18)19-25-8-26-28-19/h4-8H,3H2,1H3,(H,25,26,28).